The second-order valence-electron chi connectivity index (χ2n) is 2.59. The Bertz CT molecular complexity index is 351. The first-order valence-electron chi connectivity index (χ1n) is 3.99. The molecule has 2 nitrogen and oxygen atoms in total. The summed E-state index contributed by atoms with van der Waals surface area (Å²) in [5, 5.41) is 2.83. The van der Waals surface area contributed by atoms with Gasteiger partial charge in [0.05, 0.1) is 12.7 Å². The number of nitrogens with one attached hydrogen (secondary N) is 1. The third-order valence-corrected chi connectivity index (χ3v) is 6.53. The van der Waals surface area contributed by atoms with E-state index in [1.807, 2.05) is 6.92 Å². The van der Waals surface area contributed by atoms with Gasteiger partial charge in [-0.2, -0.15) is 0 Å². The fourth-order valence-corrected chi connectivity index (χ4v) is 3.83. The zero-order valence-electron chi connectivity index (χ0n) is 7.36. The maximum atomic E-state index is 11.6. The van der Waals surface area contributed by atoms with Gasteiger partial charge < -0.3 is 5.32 Å². The number of thiophene rings is 1. The van der Waals surface area contributed by atoms with Gasteiger partial charge >= 0.3 is 0 Å². The van der Waals surface area contributed by atoms with E-state index in [2.05, 4.69) is 53.1 Å². The molecule has 0 bridgehead atoms. The Balaban J connectivity index is 2.85. The van der Waals surface area contributed by atoms with Crippen LogP contribution in [-0.2, 0) is 0 Å². The van der Waals surface area contributed by atoms with E-state index < -0.39 is 0 Å². The lowest BCUT2D eigenvalue weighted by molar-refractivity contribution is 0.0957. The smallest absolute Gasteiger partial charge is 0.262 e. The topological polar surface area (TPSA) is 29.1 Å². The molecule has 0 atom stereocenters. The Hall–Kier alpha value is 0.610. The highest BCUT2D eigenvalue weighted by Crippen LogP contribution is 2.40. The number of hydrogen-bond donors (Lipinski definition) is 1. The number of amides is 1. The standard InChI is InChI=1S/C8H8Br3NOS/c1-2-3-12-8(13)6-4(9)5(10)7(11)14-6/h2-3H2,1H3,(H,12,13). The molecule has 1 N–H and O–H groups in total. The molecule has 0 aliphatic carbocycles. The average molecular weight is 406 g/mol. The van der Waals surface area contributed by atoms with Gasteiger partial charge in [-0.15, -0.1) is 11.3 Å². The SMILES string of the molecule is CCCNC(=O)c1sc(Br)c(Br)c1Br. The van der Waals surface area contributed by atoms with Gasteiger partial charge in [0.1, 0.15) is 4.88 Å². The van der Waals surface area contributed by atoms with E-state index in [4.69, 9.17) is 0 Å². The molecule has 0 spiro atoms. The molecule has 1 aromatic rings. The normalized spacial score (nSPS) is 10.3. The summed E-state index contributed by atoms with van der Waals surface area (Å²) < 4.78 is 2.62. The van der Waals surface area contributed by atoms with Crippen LogP contribution in [0.2, 0.25) is 0 Å². The molecule has 14 heavy (non-hydrogen) atoms. The van der Waals surface area contributed by atoms with Gasteiger partial charge in [0, 0.05) is 6.54 Å². The fraction of sp³-hybridized carbons (Fsp3) is 0.375. The summed E-state index contributed by atoms with van der Waals surface area (Å²) in [6, 6.07) is 0. The first-order valence-corrected chi connectivity index (χ1v) is 7.19. The molecule has 0 aliphatic heterocycles. The lowest BCUT2D eigenvalue weighted by Crippen LogP contribution is -2.23. The van der Waals surface area contributed by atoms with Gasteiger partial charge in [-0.1, -0.05) is 6.92 Å². The van der Waals surface area contributed by atoms with Crippen molar-refractivity contribution in [2.24, 2.45) is 0 Å². The minimum atomic E-state index is -0.0323. The Labute approximate surface area is 112 Å². The van der Waals surface area contributed by atoms with Crippen LogP contribution in [0, 0.1) is 0 Å². The van der Waals surface area contributed by atoms with Crippen LogP contribution >= 0.6 is 59.1 Å². The van der Waals surface area contributed by atoms with Gasteiger partial charge in [0.15, 0.2) is 0 Å². The van der Waals surface area contributed by atoms with Crippen molar-refractivity contribution >= 4 is 65.0 Å². The molecule has 1 rings (SSSR count). The molecule has 1 amide bonds. The van der Waals surface area contributed by atoms with Crippen molar-refractivity contribution in [3.63, 3.8) is 0 Å². The molecular weight excluding hydrogens is 398 g/mol. The minimum Gasteiger partial charge on any atom is -0.351 e. The number of hydrogen-bond acceptors (Lipinski definition) is 2. The predicted octanol–water partition coefficient (Wildman–Crippen LogP) is 4.18. The lowest BCUT2D eigenvalue weighted by atomic mass is 10.4. The Morgan fingerprint density at radius 2 is 2.00 bits per heavy atom. The molecule has 0 radical (unpaired) electrons. The first-order chi connectivity index (χ1) is 6.57. The first kappa shape index (κ1) is 12.7. The van der Waals surface area contributed by atoms with E-state index in [0.717, 1.165) is 19.2 Å². The van der Waals surface area contributed by atoms with E-state index >= 15 is 0 Å². The van der Waals surface area contributed by atoms with E-state index in [0.29, 0.717) is 11.4 Å². The number of carbonyl (C=O) groups excluding carboxylic acids is 1. The summed E-state index contributed by atoms with van der Waals surface area (Å²) >= 11 is 11.5. The van der Waals surface area contributed by atoms with E-state index in [1.165, 1.54) is 11.3 Å². The third-order valence-electron chi connectivity index (χ3n) is 1.50. The monoisotopic (exact) mass is 403 g/mol. The average Bonchev–Trinajstić information content (AvgIpc) is 2.42. The predicted molar refractivity (Wildman–Crippen MR) is 70.0 cm³/mol. The summed E-state index contributed by atoms with van der Waals surface area (Å²) in [5.41, 5.74) is 0. The van der Waals surface area contributed by atoms with Crippen molar-refractivity contribution in [2.75, 3.05) is 6.54 Å². The van der Waals surface area contributed by atoms with Gasteiger partial charge in [0.2, 0.25) is 0 Å². The molecule has 0 aromatic carbocycles. The quantitative estimate of drug-likeness (QED) is 0.803. The van der Waals surface area contributed by atoms with Gasteiger partial charge in [-0.3, -0.25) is 4.79 Å². The molecule has 0 saturated carbocycles. The van der Waals surface area contributed by atoms with Gasteiger partial charge in [-0.25, -0.2) is 0 Å². The molecule has 78 valence electrons. The molecule has 1 heterocycles. The van der Waals surface area contributed by atoms with Crippen LogP contribution in [0.4, 0.5) is 0 Å². The Morgan fingerprint density at radius 3 is 2.43 bits per heavy atom. The molecule has 0 fully saturated rings. The molecule has 0 saturated heterocycles. The largest absolute Gasteiger partial charge is 0.351 e. The van der Waals surface area contributed by atoms with Crippen molar-refractivity contribution in [2.45, 2.75) is 13.3 Å². The number of carbonyl (C=O) groups is 1. The minimum absolute atomic E-state index is 0.0323. The number of rotatable bonds is 3. The second kappa shape index (κ2) is 5.63. The summed E-state index contributed by atoms with van der Waals surface area (Å²) in [6.07, 6.45) is 0.942. The highest BCUT2D eigenvalue weighted by atomic mass is 79.9. The number of halogens is 3. The molecule has 0 aliphatic rings. The zero-order chi connectivity index (χ0) is 10.7. The zero-order valence-corrected chi connectivity index (χ0v) is 12.9. The van der Waals surface area contributed by atoms with Crippen molar-refractivity contribution in [3.05, 3.63) is 17.6 Å². The summed E-state index contributed by atoms with van der Waals surface area (Å²) in [4.78, 5) is 12.3. The van der Waals surface area contributed by atoms with Crippen molar-refractivity contribution in [3.8, 4) is 0 Å². The van der Waals surface area contributed by atoms with Crippen LogP contribution in [0.1, 0.15) is 23.0 Å². The summed E-state index contributed by atoms with van der Waals surface area (Å²) in [6.45, 7) is 2.73. The highest BCUT2D eigenvalue weighted by molar-refractivity contribution is 9.14. The van der Waals surface area contributed by atoms with Crippen LogP contribution in [0.3, 0.4) is 0 Å². The van der Waals surface area contributed by atoms with Crippen LogP contribution in [-0.4, -0.2) is 12.5 Å². The van der Waals surface area contributed by atoms with Crippen LogP contribution in [0.15, 0.2) is 12.7 Å². The summed E-state index contributed by atoms with van der Waals surface area (Å²) in [5.74, 6) is -0.0323. The molecule has 1 aromatic heterocycles. The van der Waals surface area contributed by atoms with Gasteiger partial charge in [0.25, 0.3) is 5.91 Å². The summed E-state index contributed by atoms with van der Waals surface area (Å²) in [7, 11) is 0. The van der Waals surface area contributed by atoms with Crippen LogP contribution in [0.5, 0.6) is 0 Å². The van der Waals surface area contributed by atoms with E-state index in [-0.39, 0.29) is 5.91 Å². The van der Waals surface area contributed by atoms with Crippen LogP contribution in [0.25, 0.3) is 0 Å². The maximum absolute atomic E-state index is 11.6. The van der Waals surface area contributed by atoms with Crippen LogP contribution < -0.4 is 5.32 Å². The van der Waals surface area contributed by atoms with E-state index in [9.17, 15) is 4.79 Å². The Morgan fingerprint density at radius 1 is 1.36 bits per heavy atom. The molecule has 6 heteroatoms. The second-order valence-corrected chi connectivity index (χ2v) is 6.51. The molecular formula is C8H8Br3NOS. The highest BCUT2D eigenvalue weighted by Gasteiger charge is 2.17. The van der Waals surface area contributed by atoms with Crippen molar-refractivity contribution in [1.29, 1.82) is 0 Å². The maximum Gasteiger partial charge on any atom is 0.262 e. The van der Waals surface area contributed by atoms with E-state index in [1.54, 1.807) is 0 Å². The van der Waals surface area contributed by atoms with Gasteiger partial charge in [-0.05, 0) is 54.2 Å². The van der Waals surface area contributed by atoms with Crippen molar-refractivity contribution in [1.82, 2.24) is 5.32 Å². The lowest BCUT2D eigenvalue weighted by Gasteiger charge is -2.00. The van der Waals surface area contributed by atoms with Crippen molar-refractivity contribution < 1.29 is 4.79 Å². The molecule has 0 unspecified atom stereocenters. The Kier molecular flexibility index (Phi) is 5.10. The third kappa shape index (κ3) is 2.81. The fourth-order valence-electron chi connectivity index (χ4n) is 0.830.